The van der Waals surface area contributed by atoms with E-state index in [-0.39, 0.29) is 17.6 Å². The van der Waals surface area contributed by atoms with Crippen LogP contribution in [0.25, 0.3) is 0 Å². The van der Waals surface area contributed by atoms with Gasteiger partial charge in [0.05, 0.1) is 6.04 Å². The normalized spacial score (nSPS) is 16.9. The summed E-state index contributed by atoms with van der Waals surface area (Å²) in [6.45, 7) is 7.29. The number of thiol groups is 1. The lowest BCUT2D eigenvalue weighted by Gasteiger charge is -2.28. The van der Waals surface area contributed by atoms with E-state index in [1.54, 1.807) is 6.92 Å². The Bertz CT molecular complexity index is 608. The number of carbonyl (C=O) groups is 4. The predicted octanol–water partition coefficient (Wildman–Crippen LogP) is 0.628. The Balaban J connectivity index is 5.51. The molecule has 6 unspecified atom stereocenters. The van der Waals surface area contributed by atoms with Crippen LogP contribution in [-0.4, -0.2) is 70.7 Å². The van der Waals surface area contributed by atoms with E-state index in [9.17, 15) is 24.3 Å². The van der Waals surface area contributed by atoms with Gasteiger partial charge in [-0.15, -0.1) is 0 Å². The molecule has 3 amide bonds. The Labute approximate surface area is 194 Å². The number of carboxylic acid groups (broad SMARTS) is 1. The van der Waals surface area contributed by atoms with Gasteiger partial charge in [0.25, 0.3) is 0 Å². The van der Waals surface area contributed by atoms with Crippen molar-refractivity contribution in [2.45, 2.75) is 71.1 Å². The maximum absolute atomic E-state index is 13.0. The van der Waals surface area contributed by atoms with Gasteiger partial charge in [0.15, 0.2) is 0 Å². The second-order valence-electron chi connectivity index (χ2n) is 7.71. The maximum atomic E-state index is 13.0. The number of hydrogen-bond donors (Lipinski definition) is 6. The SMILES string of the molecule is CCC(C)C(NC(=O)C(CCSC)NC(=O)C(NC(=O)C(N)CS)C(C)CC)C(=O)O. The van der Waals surface area contributed by atoms with E-state index in [2.05, 4.69) is 28.6 Å². The average molecular weight is 479 g/mol. The zero-order chi connectivity index (χ0) is 24.1. The van der Waals surface area contributed by atoms with E-state index in [4.69, 9.17) is 5.73 Å². The molecule has 6 N–H and O–H groups in total. The first-order valence-corrected chi connectivity index (χ1v) is 12.6. The van der Waals surface area contributed by atoms with E-state index in [1.165, 1.54) is 11.8 Å². The highest BCUT2D eigenvalue weighted by atomic mass is 32.2. The van der Waals surface area contributed by atoms with Crippen molar-refractivity contribution >= 4 is 48.1 Å². The fraction of sp³-hybridized carbons (Fsp3) is 0.800. The third-order valence-electron chi connectivity index (χ3n) is 5.35. The molecule has 0 fully saturated rings. The number of amides is 3. The summed E-state index contributed by atoms with van der Waals surface area (Å²) in [6, 6.07) is -3.71. The van der Waals surface area contributed by atoms with Gasteiger partial charge in [-0.2, -0.15) is 24.4 Å². The van der Waals surface area contributed by atoms with Gasteiger partial charge in [-0.25, -0.2) is 4.79 Å². The second-order valence-corrected chi connectivity index (χ2v) is 9.06. The van der Waals surface area contributed by atoms with Gasteiger partial charge in [-0.05, 0) is 30.3 Å². The smallest absolute Gasteiger partial charge is 0.326 e. The summed E-state index contributed by atoms with van der Waals surface area (Å²) in [5, 5.41) is 17.4. The summed E-state index contributed by atoms with van der Waals surface area (Å²) in [5.41, 5.74) is 5.70. The number of nitrogens with two attached hydrogens (primary N) is 1. The van der Waals surface area contributed by atoms with E-state index >= 15 is 0 Å². The van der Waals surface area contributed by atoms with Crippen LogP contribution in [0.4, 0.5) is 0 Å². The summed E-state index contributed by atoms with van der Waals surface area (Å²) < 4.78 is 0. The van der Waals surface area contributed by atoms with Crippen LogP contribution in [0.5, 0.6) is 0 Å². The van der Waals surface area contributed by atoms with E-state index in [0.717, 1.165) is 0 Å². The Morgan fingerprint density at radius 3 is 1.90 bits per heavy atom. The van der Waals surface area contributed by atoms with Crippen molar-refractivity contribution in [2.75, 3.05) is 17.8 Å². The highest BCUT2D eigenvalue weighted by molar-refractivity contribution is 7.98. The summed E-state index contributed by atoms with van der Waals surface area (Å²) in [5.74, 6) is -2.44. The topological polar surface area (TPSA) is 151 Å². The van der Waals surface area contributed by atoms with Crippen LogP contribution < -0.4 is 21.7 Å². The predicted molar refractivity (Wildman–Crippen MR) is 127 cm³/mol. The van der Waals surface area contributed by atoms with Crippen molar-refractivity contribution in [1.29, 1.82) is 0 Å². The van der Waals surface area contributed by atoms with Gasteiger partial charge in [-0.1, -0.05) is 40.5 Å². The van der Waals surface area contributed by atoms with Crippen LogP contribution in [0.3, 0.4) is 0 Å². The van der Waals surface area contributed by atoms with Gasteiger partial charge in [-0.3, -0.25) is 14.4 Å². The highest BCUT2D eigenvalue weighted by Gasteiger charge is 2.33. The summed E-state index contributed by atoms with van der Waals surface area (Å²) in [4.78, 5) is 49.6. The number of rotatable bonds is 15. The quantitative estimate of drug-likeness (QED) is 0.189. The molecule has 0 aromatic rings. The van der Waals surface area contributed by atoms with Gasteiger partial charge in [0, 0.05) is 5.75 Å². The highest BCUT2D eigenvalue weighted by Crippen LogP contribution is 2.12. The van der Waals surface area contributed by atoms with Crippen LogP contribution in [0.1, 0.15) is 47.0 Å². The zero-order valence-electron chi connectivity index (χ0n) is 19.0. The van der Waals surface area contributed by atoms with Crippen molar-refractivity contribution in [3.8, 4) is 0 Å². The minimum Gasteiger partial charge on any atom is -0.480 e. The molecule has 0 spiro atoms. The Kier molecular flexibility index (Phi) is 14.6. The Hall–Kier alpha value is -1.46. The van der Waals surface area contributed by atoms with E-state index in [0.29, 0.717) is 25.0 Å². The van der Waals surface area contributed by atoms with Crippen molar-refractivity contribution in [2.24, 2.45) is 17.6 Å². The minimum absolute atomic E-state index is 0.131. The molecule has 0 rings (SSSR count). The summed E-state index contributed by atoms with van der Waals surface area (Å²) >= 11 is 5.51. The van der Waals surface area contributed by atoms with E-state index < -0.39 is 47.9 Å². The second kappa shape index (κ2) is 15.4. The Morgan fingerprint density at radius 1 is 0.935 bits per heavy atom. The fourth-order valence-electron chi connectivity index (χ4n) is 2.75. The molecule has 0 heterocycles. The number of hydrogen-bond acceptors (Lipinski definition) is 7. The zero-order valence-corrected chi connectivity index (χ0v) is 20.7. The Morgan fingerprint density at radius 2 is 1.45 bits per heavy atom. The molecular formula is C20H38N4O5S2. The molecule has 0 aliphatic carbocycles. The van der Waals surface area contributed by atoms with Crippen molar-refractivity contribution < 1.29 is 24.3 Å². The number of carbonyl (C=O) groups excluding carboxylic acids is 3. The lowest BCUT2D eigenvalue weighted by molar-refractivity contribution is -0.144. The largest absolute Gasteiger partial charge is 0.480 e. The van der Waals surface area contributed by atoms with Crippen LogP contribution in [0, 0.1) is 11.8 Å². The maximum Gasteiger partial charge on any atom is 0.326 e. The lowest BCUT2D eigenvalue weighted by Crippen LogP contribution is -2.59. The van der Waals surface area contributed by atoms with Crippen LogP contribution in [0.2, 0.25) is 0 Å². The number of thioether (sulfide) groups is 1. The molecular weight excluding hydrogens is 440 g/mol. The average Bonchev–Trinajstić information content (AvgIpc) is 2.75. The van der Waals surface area contributed by atoms with Gasteiger partial charge < -0.3 is 26.8 Å². The first-order valence-electron chi connectivity index (χ1n) is 10.5. The molecule has 0 saturated carbocycles. The van der Waals surface area contributed by atoms with Crippen molar-refractivity contribution in [3.05, 3.63) is 0 Å². The first-order chi connectivity index (χ1) is 14.5. The van der Waals surface area contributed by atoms with Gasteiger partial charge in [0.1, 0.15) is 18.1 Å². The third kappa shape index (κ3) is 10.1. The number of carboxylic acids is 1. The van der Waals surface area contributed by atoms with Crippen LogP contribution in [-0.2, 0) is 19.2 Å². The van der Waals surface area contributed by atoms with Crippen molar-refractivity contribution in [1.82, 2.24) is 16.0 Å². The molecule has 0 aliphatic rings. The molecule has 0 bridgehead atoms. The van der Waals surface area contributed by atoms with E-state index in [1.807, 2.05) is 27.0 Å². The standard InChI is InChI=1S/C20H38N4O5S2/c1-6-11(3)15(23-17(25)13(21)10-30)19(27)22-14(8-9-31-5)18(26)24-16(20(28)29)12(4)7-2/h11-16,30H,6-10,21H2,1-5H3,(H,22,27)(H,23,25)(H,24,26)(H,28,29). The van der Waals surface area contributed by atoms with Crippen LogP contribution >= 0.6 is 24.4 Å². The lowest BCUT2D eigenvalue weighted by atomic mass is 9.97. The van der Waals surface area contributed by atoms with Gasteiger partial charge in [0.2, 0.25) is 17.7 Å². The monoisotopic (exact) mass is 478 g/mol. The van der Waals surface area contributed by atoms with Crippen molar-refractivity contribution in [3.63, 3.8) is 0 Å². The summed E-state index contributed by atoms with van der Waals surface area (Å²) in [7, 11) is 0. The molecule has 0 saturated heterocycles. The van der Waals surface area contributed by atoms with Crippen LogP contribution in [0.15, 0.2) is 0 Å². The molecule has 0 aliphatic heterocycles. The van der Waals surface area contributed by atoms with Gasteiger partial charge >= 0.3 is 5.97 Å². The molecule has 0 radical (unpaired) electrons. The first kappa shape index (κ1) is 29.5. The fourth-order valence-corrected chi connectivity index (χ4v) is 3.39. The molecule has 11 heteroatoms. The third-order valence-corrected chi connectivity index (χ3v) is 6.38. The molecule has 180 valence electrons. The number of aliphatic carboxylic acids is 1. The molecule has 0 aromatic carbocycles. The molecule has 31 heavy (non-hydrogen) atoms. The number of nitrogens with one attached hydrogen (secondary N) is 3. The minimum atomic E-state index is -1.12. The molecule has 6 atom stereocenters. The summed E-state index contributed by atoms with van der Waals surface area (Å²) in [6.07, 6.45) is 3.39. The molecule has 0 aromatic heterocycles. The molecule has 9 nitrogen and oxygen atoms in total.